The van der Waals surface area contributed by atoms with E-state index < -0.39 is 67.3 Å². The summed E-state index contributed by atoms with van der Waals surface area (Å²) in [6, 6.07) is 0. The van der Waals surface area contributed by atoms with Crippen LogP contribution < -0.4 is 0 Å². The van der Waals surface area contributed by atoms with Gasteiger partial charge < -0.3 is 39.0 Å². The maximum atomic E-state index is 13.2. The molecule has 1 aliphatic rings. The van der Waals surface area contributed by atoms with Crippen LogP contribution >= 0.6 is 0 Å². The topological polar surface area (TPSA) is 175 Å². The van der Waals surface area contributed by atoms with Crippen molar-refractivity contribution in [2.45, 2.75) is 327 Å². The van der Waals surface area contributed by atoms with E-state index in [-0.39, 0.29) is 25.9 Å². The van der Waals surface area contributed by atoms with E-state index in [2.05, 4.69) is 93.7 Å². The first-order valence-corrected chi connectivity index (χ1v) is 32.9. The van der Waals surface area contributed by atoms with Crippen LogP contribution in [0, 0.1) is 0 Å². The standard InChI is InChI=1S/C69H118O12/c1-4-7-10-13-16-19-22-25-28-30-31-33-35-37-40-43-46-49-52-55-61(70)77-58-60(79-62(71)56-53-50-47-44-41-39-36-32-29-26-23-20-17-14-11-8-5-2)59-78-69-67(65(74)64(73)66(81-69)68(75)76)80-63(72)57-54-51-48-45-42-38-34-27-24-21-18-15-12-9-6-3/h8,11,16-17,19-20,25-29,34,60,64-67,69,73-74H,4-7,9-10,12-15,18,21-24,30-33,35-59H2,1-3H3,(H,75,76)/b11-8-,19-16-,20-17-,28-25-,29-26-,34-27-. The van der Waals surface area contributed by atoms with Crippen LogP contribution in [-0.2, 0) is 42.9 Å². The number of carbonyl (C=O) groups is 4. The zero-order valence-corrected chi connectivity index (χ0v) is 51.5. The second kappa shape index (κ2) is 56.6. The maximum absolute atomic E-state index is 13.2. The van der Waals surface area contributed by atoms with Gasteiger partial charge in [0.05, 0.1) is 6.61 Å². The lowest BCUT2D eigenvalue weighted by molar-refractivity contribution is -0.301. The molecule has 6 unspecified atom stereocenters. The van der Waals surface area contributed by atoms with E-state index in [9.17, 15) is 34.5 Å². The van der Waals surface area contributed by atoms with E-state index >= 15 is 0 Å². The third-order valence-electron chi connectivity index (χ3n) is 14.7. The van der Waals surface area contributed by atoms with Crippen molar-refractivity contribution in [2.75, 3.05) is 13.2 Å². The number of hydrogen-bond donors (Lipinski definition) is 3. The highest BCUT2D eigenvalue weighted by atomic mass is 16.7. The molecule has 0 aromatic rings. The number of aliphatic hydroxyl groups is 2. The van der Waals surface area contributed by atoms with Crippen LogP contribution in [0.25, 0.3) is 0 Å². The van der Waals surface area contributed by atoms with Gasteiger partial charge in [-0.05, 0) is 109 Å². The maximum Gasteiger partial charge on any atom is 0.335 e. The Morgan fingerprint density at radius 2 is 0.778 bits per heavy atom. The van der Waals surface area contributed by atoms with Gasteiger partial charge in [-0.1, -0.05) is 235 Å². The number of aliphatic carboxylic acids is 1. The minimum atomic E-state index is -1.91. The van der Waals surface area contributed by atoms with Crippen LogP contribution in [0.5, 0.6) is 0 Å². The summed E-state index contributed by atoms with van der Waals surface area (Å²) in [4.78, 5) is 51.3. The fourth-order valence-electron chi connectivity index (χ4n) is 9.70. The number of aliphatic hydroxyl groups excluding tert-OH is 2. The number of rotatable bonds is 56. The van der Waals surface area contributed by atoms with Crippen LogP contribution in [0.1, 0.15) is 290 Å². The van der Waals surface area contributed by atoms with Gasteiger partial charge in [-0.15, -0.1) is 0 Å². The molecule has 466 valence electrons. The van der Waals surface area contributed by atoms with Crippen molar-refractivity contribution < 1.29 is 58.2 Å². The molecule has 1 fully saturated rings. The predicted octanol–water partition coefficient (Wildman–Crippen LogP) is 17.7. The van der Waals surface area contributed by atoms with Crippen molar-refractivity contribution in [3.8, 4) is 0 Å². The zero-order valence-electron chi connectivity index (χ0n) is 51.5. The van der Waals surface area contributed by atoms with E-state index in [1.54, 1.807) is 0 Å². The average molecular weight is 1140 g/mol. The summed E-state index contributed by atoms with van der Waals surface area (Å²) in [5.74, 6) is -3.13. The highest BCUT2D eigenvalue weighted by molar-refractivity contribution is 5.74. The summed E-state index contributed by atoms with van der Waals surface area (Å²) in [6.45, 7) is 5.87. The highest BCUT2D eigenvalue weighted by Gasteiger charge is 2.50. The van der Waals surface area contributed by atoms with Crippen molar-refractivity contribution >= 4 is 23.9 Å². The van der Waals surface area contributed by atoms with Crippen molar-refractivity contribution in [2.24, 2.45) is 0 Å². The van der Waals surface area contributed by atoms with Crippen LogP contribution in [0.15, 0.2) is 72.9 Å². The molecule has 1 aliphatic heterocycles. The summed E-state index contributed by atoms with van der Waals surface area (Å²) < 4.78 is 28.5. The molecule has 6 atom stereocenters. The summed E-state index contributed by atoms with van der Waals surface area (Å²) in [5, 5.41) is 31.6. The third kappa shape index (κ3) is 46.3. The quantitative estimate of drug-likeness (QED) is 0.0228. The summed E-state index contributed by atoms with van der Waals surface area (Å²) in [7, 11) is 0. The molecule has 0 aromatic carbocycles. The molecule has 12 nitrogen and oxygen atoms in total. The number of allylic oxidation sites excluding steroid dienone is 12. The van der Waals surface area contributed by atoms with Gasteiger partial charge in [-0.2, -0.15) is 0 Å². The molecule has 0 aliphatic carbocycles. The van der Waals surface area contributed by atoms with Crippen molar-refractivity contribution in [3.05, 3.63) is 72.9 Å². The second-order valence-corrected chi connectivity index (χ2v) is 22.4. The molecule has 1 rings (SSSR count). The van der Waals surface area contributed by atoms with Gasteiger partial charge in [0.15, 0.2) is 24.6 Å². The van der Waals surface area contributed by atoms with Crippen LogP contribution in [-0.4, -0.2) is 89.2 Å². The first-order valence-electron chi connectivity index (χ1n) is 32.9. The molecule has 3 N–H and O–H groups in total. The van der Waals surface area contributed by atoms with Crippen LogP contribution in [0.2, 0.25) is 0 Å². The molecule has 0 saturated carbocycles. The summed E-state index contributed by atoms with van der Waals surface area (Å²) in [5.41, 5.74) is 0. The first kappa shape index (κ1) is 75.2. The molecule has 0 aromatic heterocycles. The van der Waals surface area contributed by atoms with Crippen molar-refractivity contribution in [3.63, 3.8) is 0 Å². The van der Waals surface area contributed by atoms with E-state index in [0.29, 0.717) is 19.3 Å². The number of carbonyl (C=O) groups excluding carboxylic acids is 3. The van der Waals surface area contributed by atoms with Crippen LogP contribution in [0.4, 0.5) is 0 Å². The lowest BCUT2D eigenvalue weighted by Crippen LogP contribution is -2.61. The Morgan fingerprint density at radius 1 is 0.420 bits per heavy atom. The van der Waals surface area contributed by atoms with Gasteiger partial charge in [-0.3, -0.25) is 14.4 Å². The SMILES string of the molecule is CC/C=C\C/C=C\C/C=C\CCCCCCCCCC(=O)OC(COC(=O)CCCCCCCCCCC/C=C\C/C=C\CCCCC)COC1OC(C(=O)O)C(O)C(O)C1OC(=O)CCCCCCC/C=C\CCCCCCCC. The third-order valence-corrected chi connectivity index (χ3v) is 14.7. The second-order valence-electron chi connectivity index (χ2n) is 22.4. The van der Waals surface area contributed by atoms with E-state index in [1.807, 2.05) is 0 Å². The van der Waals surface area contributed by atoms with Crippen LogP contribution in [0.3, 0.4) is 0 Å². The predicted molar refractivity (Wildman–Crippen MR) is 331 cm³/mol. The number of carboxylic acids is 1. The molecule has 0 radical (unpaired) electrons. The van der Waals surface area contributed by atoms with Gasteiger partial charge in [0.2, 0.25) is 0 Å². The molecular weight excluding hydrogens is 1020 g/mol. The van der Waals surface area contributed by atoms with Gasteiger partial charge >= 0.3 is 23.9 Å². The number of carboxylic acid groups (broad SMARTS) is 1. The van der Waals surface area contributed by atoms with Crippen molar-refractivity contribution in [1.82, 2.24) is 0 Å². The fraction of sp³-hybridized carbons (Fsp3) is 0.768. The Hall–Kier alpha value is -3.84. The minimum Gasteiger partial charge on any atom is -0.479 e. The van der Waals surface area contributed by atoms with Crippen molar-refractivity contribution in [1.29, 1.82) is 0 Å². The molecule has 0 bridgehead atoms. The van der Waals surface area contributed by atoms with E-state index in [4.69, 9.17) is 23.7 Å². The van der Waals surface area contributed by atoms with Gasteiger partial charge in [0, 0.05) is 19.3 Å². The normalized spacial score (nSPS) is 18.2. The lowest BCUT2D eigenvalue weighted by Gasteiger charge is -2.40. The van der Waals surface area contributed by atoms with Gasteiger partial charge in [0.25, 0.3) is 0 Å². The first-order chi connectivity index (χ1) is 39.6. The summed E-state index contributed by atoms with van der Waals surface area (Å²) >= 11 is 0. The van der Waals surface area contributed by atoms with Gasteiger partial charge in [0.1, 0.15) is 18.8 Å². The molecule has 1 heterocycles. The lowest BCUT2D eigenvalue weighted by atomic mass is 9.98. The Labute approximate surface area is 493 Å². The van der Waals surface area contributed by atoms with E-state index in [1.165, 1.54) is 96.3 Å². The smallest absolute Gasteiger partial charge is 0.335 e. The largest absolute Gasteiger partial charge is 0.479 e. The minimum absolute atomic E-state index is 0.0483. The van der Waals surface area contributed by atoms with E-state index in [0.717, 1.165) is 135 Å². The molecular formula is C69H118O12. The zero-order chi connectivity index (χ0) is 58.9. The number of ether oxygens (including phenoxy) is 5. The molecule has 1 saturated heterocycles. The average Bonchev–Trinajstić information content (AvgIpc) is 3.52. The molecule has 81 heavy (non-hydrogen) atoms. The molecule has 0 amide bonds. The molecule has 0 spiro atoms. The number of esters is 3. The Balaban J connectivity index is 2.66. The number of unbranched alkanes of at least 4 members (excludes halogenated alkanes) is 30. The highest BCUT2D eigenvalue weighted by Crippen LogP contribution is 2.27. The molecule has 12 heteroatoms. The monoisotopic (exact) mass is 1140 g/mol. The Morgan fingerprint density at radius 3 is 1.22 bits per heavy atom. The summed E-state index contributed by atoms with van der Waals surface area (Å²) in [6.07, 6.45) is 60.0. The van der Waals surface area contributed by atoms with Gasteiger partial charge in [-0.25, -0.2) is 4.79 Å². The Kier molecular flexibility index (Phi) is 52.6. The fourth-order valence-corrected chi connectivity index (χ4v) is 9.70. The Bertz CT molecular complexity index is 1680. The number of hydrogen-bond acceptors (Lipinski definition) is 11.